The van der Waals surface area contributed by atoms with E-state index in [9.17, 15) is 0 Å². The second-order valence-corrected chi connectivity index (χ2v) is 8.12. The molecule has 0 aliphatic carbocycles. The van der Waals surface area contributed by atoms with Gasteiger partial charge in [-0.05, 0) is 49.9 Å². The van der Waals surface area contributed by atoms with Crippen LogP contribution >= 0.6 is 0 Å². The van der Waals surface area contributed by atoms with Crippen LogP contribution in [0, 0.1) is 0 Å². The van der Waals surface area contributed by atoms with E-state index in [0.29, 0.717) is 0 Å². The van der Waals surface area contributed by atoms with Gasteiger partial charge in [-0.3, -0.25) is 9.98 Å². The molecule has 0 heterocycles. The zero-order valence-corrected chi connectivity index (χ0v) is 19.2. The molecule has 2 aromatic rings. The zero-order valence-electron chi connectivity index (χ0n) is 19.2. The van der Waals surface area contributed by atoms with Gasteiger partial charge in [-0.15, -0.1) is 0 Å². The predicted molar refractivity (Wildman–Crippen MR) is 134 cm³/mol. The van der Waals surface area contributed by atoms with Gasteiger partial charge in [-0.2, -0.15) is 0 Å². The third-order valence-corrected chi connectivity index (χ3v) is 5.41. The summed E-state index contributed by atoms with van der Waals surface area (Å²) < 4.78 is 0. The average molecular weight is 405 g/mol. The van der Waals surface area contributed by atoms with E-state index in [1.165, 1.54) is 75.6 Å². The lowest BCUT2D eigenvalue weighted by molar-refractivity contribution is 0.616. The summed E-state index contributed by atoms with van der Waals surface area (Å²) in [6.07, 6.45) is 14.8. The van der Waals surface area contributed by atoms with E-state index in [1.54, 1.807) is 0 Å². The molecule has 2 rings (SSSR count). The minimum atomic E-state index is 1.01. The van der Waals surface area contributed by atoms with Crippen LogP contribution in [-0.4, -0.2) is 11.4 Å². The Morgan fingerprint density at radius 2 is 0.867 bits per heavy atom. The fourth-order valence-corrected chi connectivity index (χ4v) is 3.64. The molecule has 0 saturated carbocycles. The van der Waals surface area contributed by atoms with E-state index in [4.69, 9.17) is 9.98 Å². The van der Waals surface area contributed by atoms with Gasteiger partial charge in [0.25, 0.3) is 0 Å². The third-order valence-electron chi connectivity index (χ3n) is 5.41. The van der Waals surface area contributed by atoms with Gasteiger partial charge in [0.2, 0.25) is 0 Å². The standard InChI is InChI=1S/C28H40N2/c1-3-5-7-9-10-18-24-28(30-26-21-15-12-16-22-26)27(23-17-8-6-4-2)29-25-19-13-11-14-20-25/h11-16,19-22H,3-10,17-18,23-24H2,1-2H3. The molecule has 162 valence electrons. The third kappa shape index (κ3) is 10.0. The van der Waals surface area contributed by atoms with Gasteiger partial charge >= 0.3 is 0 Å². The Hall–Kier alpha value is -2.22. The van der Waals surface area contributed by atoms with Crippen molar-refractivity contribution in [3.63, 3.8) is 0 Å². The Balaban J connectivity index is 2.19. The maximum atomic E-state index is 5.07. The van der Waals surface area contributed by atoms with Crippen LogP contribution in [-0.2, 0) is 0 Å². The average Bonchev–Trinajstić information content (AvgIpc) is 2.79. The zero-order chi connectivity index (χ0) is 21.3. The quantitative estimate of drug-likeness (QED) is 0.209. The topological polar surface area (TPSA) is 24.7 Å². The Labute approximate surface area is 184 Å². The number of unbranched alkanes of at least 4 members (excludes halogenated alkanes) is 8. The van der Waals surface area contributed by atoms with Gasteiger partial charge in [-0.1, -0.05) is 102 Å². The Morgan fingerprint density at radius 3 is 1.30 bits per heavy atom. The Kier molecular flexibility index (Phi) is 12.5. The van der Waals surface area contributed by atoms with Gasteiger partial charge in [0.15, 0.2) is 0 Å². The monoisotopic (exact) mass is 404 g/mol. The molecule has 2 heteroatoms. The molecule has 0 radical (unpaired) electrons. The van der Waals surface area contributed by atoms with E-state index in [0.717, 1.165) is 24.2 Å². The lowest BCUT2D eigenvalue weighted by Gasteiger charge is -2.12. The van der Waals surface area contributed by atoms with Crippen LogP contribution < -0.4 is 0 Å². The van der Waals surface area contributed by atoms with Crippen molar-refractivity contribution >= 4 is 22.8 Å². The van der Waals surface area contributed by atoms with Crippen molar-refractivity contribution in [3.05, 3.63) is 60.7 Å². The van der Waals surface area contributed by atoms with Crippen LogP contribution in [0.3, 0.4) is 0 Å². The summed E-state index contributed by atoms with van der Waals surface area (Å²) in [4.78, 5) is 10.1. The highest BCUT2D eigenvalue weighted by Gasteiger charge is 2.11. The summed E-state index contributed by atoms with van der Waals surface area (Å²) in [6.45, 7) is 4.54. The highest BCUT2D eigenvalue weighted by molar-refractivity contribution is 6.43. The van der Waals surface area contributed by atoms with Gasteiger partial charge in [0.05, 0.1) is 22.8 Å². The molecule has 0 amide bonds. The molecule has 0 unspecified atom stereocenters. The SMILES string of the molecule is CCCCCCCCC(=Nc1ccccc1)C(CCCCCC)=Nc1ccccc1. The van der Waals surface area contributed by atoms with Crippen molar-refractivity contribution in [2.45, 2.75) is 90.9 Å². The summed E-state index contributed by atoms with van der Waals surface area (Å²) >= 11 is 0. The van der Waals surface area contributed by atoms with E-state index in [1.807, 2.05) is 0 Å². The number of para-hydroxylation sites is 2. The fraction of sp³-hybridized carbons (Fsp3) is 0.500. The lowest BCUT2D eigenvalue weighted by atomic mass is 10.0. The number of hydrogen-bond donors (Lipinski definition) is 0. The Bertz CT molecular complexity index is 732. The minimum absolute atomic E-state index is 1.01. The number of rotatable bonds is 15. The first-order valence-electron chi connectivity index (χ1n) is 12.1. The number of benzene rings is 2. The predicted octanol–water partition coefficient (Wildman–Crippen LogP) is 9.25. The molecule has 2 nitrogen and oxygen atoms in total. The smallest absolute Gasteiger partial charge is 0.0633 e. The molecule has 2 aromatic carbocycles. The van der Waals surface area contributed by atoms with E-state index in [2.05, 4.69) is 74.5 Å². The van der Waals surface area contributed by atoms with E-state index < -0.39 is 0 Å². The fourth-order valence-electron chi connectivity index (χ4n) is 3.64. The van der Waals surface area contributed by atoms with Gasteiger partial charge in [-0.25, -0.2) is 0 Å². The summed E-state index contributed by atoms with van der Waals surface area (Å²) in [5.74, 6) is 0. The van der Waals surface area contributed by atoms with Crippen molar-refractivity contribution in [2.24, 2.45) is 9.98 Å². The van der Waals surface area contributed by atoms with Crippen LogP contribution in [0.5, 0.6) is 0 Å². The van der Waals surface area contributed by atoms with Crippen LogP contribution in [0.2, 0.25) is 0 Å². The van der Waals surface area contributed by atoms with Crippen molar-refractivity contribution in [3.8, 4) is 0 Å². The molecule has 30 heavy (non-hydrogen) atoms. The lowest BCUT2D eigenvalue weighted by Crippen LogP contribution is -2.14. The first-order valence-corrected chi connectivity index (χ1v) is 12.1. The van der Waals surface area contributed by atoms with Crippen molar-refractivity contribution in [1.29, 1.82) is 0 Å². The highest BCUT2D eigenvalue weighted by Crippen LogP contribution is 2.19. The van der Waals surface area contributed by atoms with Crippen LogP contribution in [0.1, 0.15) is 90.9 Å². The largest absolute Gasteiger partial charge is 0.252 e. The van der Waals surface area contributed by atoms with Crippen LogP contribution in [0.25, 0.3) is 0 Å². The second-order valence-electron chi connectivity index (χ2n) is 8.12. The van der Waals surface area contributed by atoms with Gasteiger partial charge in [0.1, 0.15) is 0 Å². The first kappa shape index (κ1) is 24.1. The van der Waals surface area contributed by atoms with Gasteiger partial charge in [0, 0.05) is 0 Å². The number of aliphatic imine (C=N–C) groups is 2. The molecule has 0 bridgehead atoms. The first-order chi connectivity index (χ1) is 14.8. The molecule has 0 aromatic heterocycles. The molecule has 0 atom stereocenters. The summed E-state index contributed by atoms with van der Waals surface area (Å²) in [7, 11) is 0. The van der Waals surface area contributed by atoms with Crippen molar-refractivity contribution in [2.75, 3.05) is 0 Å². The molecule has 0 spiro atoms. The Morgan fingerprint density at radius 1 is 0.500 bits per heavy atom. The summed E-state index contributed by atoms with van der Waals surface area (Å²) in [5, 5.41) is 0. The van der Waals surface area contributed by atoms with Gasteiger partial charge < -0.3 is 0 Å². The molecule has 0 N–H and O–H groups in total. The van der Waals surface area contributed by atoms with E-state index in [-0.39, 0.29) is 0 Å². The second kappa shape index (κ2) is 15.6. The summed E-state index contributed by atoms with van der Waals surface area (Å²) in [5.41, 5.74) is 4.42. The maximum absolute atomic E-state index is 5.07. The molecule has 0 fully saturated rings. The molecular weight excluding hydrogens is 364 g/mol. The molecule has 0 saturated heterocycles. The van der Waals surface area contributed by atoms with E-state index >= 15 is 0 Å². The maximum Gasteiger partial charge on any atom is 0.0633 e. The normalized spacial score (nSPS) is 12.3. The molecule has 0 aliphatic rings. The minimum Gasteiger partial charge on any atom is -0.252 e. The van der Waals surface area contributed by atoms with Crippen LogP contribution in [0.4, 0.5) is 11.4 Å². The highest BCUT2D eigenvalue weighted by atomic mass is 14.8. The van der Waals surface area contributed by atoms with Crippen LogP contribution in [0.15, 0.2) is 70.6 Å². The van der Waals surface area contributed by atoms with Crippen molar-refractivity contribution in [1.82, 2.24) is 0 Å². The molecular formula is C28H40N2. The number of hydrogen-bond acceptors (Lipinski definition) is 2. The number of nitrogens with zero attached hydrogens (tertiary/aromatic N) is 2. The molecule has 0 aliphatic heterocycles. The van der Waals surface area contributed by atoms with Crippen molar-refractivity contribution < 1.29 is 0 Å². The summed E-state index contributed by atoms with van der Waals surface area (Å²) in [6, 6.07) is 20.7.